The van der Waals surface area contributed by atoms with Crippen LogP contribution in [0.1, 0.15) is 0 Å². The summed E-state index contributed by atoms with van der Waals surface area (Å²) in [6.45, 7) is 0. The lowest BCUT2D eigenvalue weighted by molar-refractivity contribution is 0.620. The van der Waals surface area contributed by atoms with Crippen molar-refractivity contribution in [2.24, 2.45) is 0 Å². The van der Waals surface area contributed by atoms with Crippen molar-refractivity contribution in [1.82, 2.24) is 4.98 Å². The van der Waals surface area contributed by atoms with Gasteiger partial charge in [-0.3, -0.25) is 0 Å². The van der Waals surface area contributed by atoms with Gasteiger partial charge in [0.25, 0.3) is 0 Å². The van der Waals surface area contributed by atoms with Crippen LogP contribution in [0.25, 0.3) is 84.8 Å². The van der Waals surface area contributed by atoms with E-state index in [1.165, 1.54) is 40.3 Å². The van der Waals surface area contributed by atoms with Crippen molar-refractivity contribution in [2.45, 2.75) is 0 Å². The van der Waals surface area contributed by atoms with Gasteiger partial charge in [0.15, 0.2) is 5.58 Å². The van der Waals surface area contributed by atoms with Crippen molar-refractivity contribution in [3.05, 3.63) is 146 Å². The quantitative estimate of drug-likeness (QED) is 0.188. The monoisotopic (exact) mass is 664 g/mol. The number of hydrogen-bond donors (Lipinski definition) is 0. The number of anilines is 3. The number of oxazole rings is 1. The first-order valence-electron chi connectivity index (χ1n) is 16.2. The fourth-order valence-electron chi connectivity index (χ4n) is 7.31. The first-order chi connectivity index (χ1) is 24.3. The third-order valence-electron chi connectivity index (χ3n) is 9.51. The molecule has 0 saturated carbocycles. The molecular formula is C43H24N2O2S2. The molecule has 0 saturated heterocycles. The number of furan rings is 1. The maximum atomic E-state index is 6.61. The van der Waals surface area contributed by atoms with Gasteiger partial charge in [0.05, 0.1) is 10.4 Å². The number of benzene rings is 7. The number of fused-ring (bicyclic) bond motifs is 10. The summed E-state index contributed by atoms with van der Waals surface area (Å²) < 4.78 is 17.9. The highest BCUT2D eigenvalue weighted by Crippen LogP contribution is 2.47. The molecule has 0 amide bonds. The fourth-order valence-corrected chi connectivity index (χ4v) is 9.60. The molecule has 0 radical (unpaired) electrons. The number of para-hydroxylation sites is 2. The minimum absolute atomic E-state index is 0.591. The van der Waals surface area contributed by atoms with Crippen LogP contribution in [0.4, 0.5) is 17.1 Å². The number of thiophene rings is 2. The van der Waals surface area contributed by atoms with Crippen LogP contribution in [0.3, 0.4) is 0 Å². The zero-order chi connectivity index (χ0) is 32.1. The summed E-state index contributed by atoms with van der Waals surface area (Å²) >= 11 is 3.68. The van der Waals surface area contributed by atoms with Crippen molar-refractivity contribution < 1.29 is 8.83 Å². The highest BCUT2D eigenvalue weighted by molar-refractivity contribution is 7.26. The van der Waals surface area contributed by atoms with Gasteiger partial charge in [-0.25, -0.2) is 4.98 Å². The molecule has 11 rings (SSSR count). The summed E-state index contributed by atoms with van der Waals surface area (Å²) in [7, 11) is 0. The van der Waals surface area contributed by atoms with Gasteiger partial charge >= 0.3 is 0 Å². The highest BCUT2D eigenvalue weighted by atomic mass is 32.1. The first kappa shape index (κ1) is 27.0. The summed E-state index contributed by atoms with van der Waals surface area (Å²) in [5.41, 5.74) is 7.41. The molecule has 4 nitrogen and oxygen atoms in total. The summed E-state index contributed by atoms with van der Waals surface area (Å²) in [5, 5.41) is 7.11. The standard InChI is InChI=1S/C43H24N2O2S2/c1-6-18-39-27(9-1)29-11-7-14-34(42(29)49-39)45(25-20-22-40-32(23-25)28-10-2-5-17-38(28)48-40)26-19-21-30-37(24-26)46-36-16-8-12-31(41(30)36)43-44-33-13-3-4-15-35(33)47-43/h1-24H. The molecule has 0 atom stereocenters. The number of nitrogens with zero attached hydrogens (tertiary/aromatic N) is 2. The minimum atomic E-state index is 0.591. The van der Waals surface area contributed by atoms with E-state index in [1.54, 1.807) is 0 Å². The summed E-state index contributed by atoms with van der Waals surface area (Å²) in [4.78, 5) is 7.21. The Hall–Kier alpha value is -5.95. The molecule has 11 aromatic rings. The van der Waals surface area contributed by atoms with Crippen LogP contribution in [-0.4, -0.2) is 4.98 Å². The van der Waals surface area contributed by atoms with Crippen LogP contribution in [0.2, 0.25) is 0 Å². The largest absolute Gasteiger partial charge is 0.456 e. The molecule has 0 unspecified atom stereocenters. The van der Waals surface area contributed by atoms with E-state index in [1.807, 2.05) is 59.1 Å². The number of hydrogen-bond acceptors (Lipinski definition) is 6. The molecule has 6 heteroatoms. The Balaban J connectivity index is 1.15. The Kier molecular flexibility index (Phi) is 5.67. The molecule has 0 fully saturated rings. The van der Waals surface area contributed by atoms with Crippen molar-refractivity contribution >= 4 is 113 Å². The van der Waals surface area contributed by atoms with E-state index in [-0.39, 0.29) is 0 Å². The lowest BCUT2D eigenvalue weighted by Gasteiger charge is -2.26. The second-order valence-electron chi connectivity index (χ2n) is 12.3. The Morgan fingerprint density at radius 2 is 1.16 bits per heavy atom. The van der Waals surface area contributed by atoms with E-state index in [0.717, 1.165) is 55.7 Å². The third kappa shape index (κ3) is 4.05. The van der Waals surface area contributed by atoms with E-state index in [4.69, 9.17) is 13.8 Å². The van der Waals surface area contributed by atoms with Crippen molar-refractivity contribution in [3.63, 3.8) is 0 Å². The maximum Gasteiger partial charge on any atom is 0.228 e. The summed E-state index contributed by atoms with van der Waals surface area (Å²) in [6.07, 6.45) is 0. The van der Waals surface area contributed by atoms with E-state index in [2.05, 4.69) is 114 Å². The maximum absolute atomic E-state index is 6.61. The Labute approximate surface area is 287 Å². The lowest BCUT2D eigenvalue weighted by atomic mass is 10.0. The van der Waals surface area contributed by atoms with Gasteiger partial charge in [-0.15, -0.1) is 22.7 Å². The van der Waals surface area contributed by atoms with Gasteiger partial charge in [-0.1, -0.05) is 66.7 Å². The highest BCUT2D eigenvalue weighted by Gasteiger charge is 2.22. The molecule has 0 aliphatic carbocycles. The molecular weight excluding hydrogens is 641 g/mol. The van der Waals surface area contributed by atoms with Crippen molar-refractivity contribution in [3.8, 4) is 11.5 Å². The lowest BCUT2D eigenvalue weighted by Crippen LogP contribution is -2.09. The zero-order valence-corrected chi connectivity index (χ0v) is 27.5. The van der Waals surface area contributed by atoms with E-state index in [9.17, 15) is 0 Å². The molecule has 4 aromatic heterocycles. The zero-order valence-electron chi connectivity index (χ0n) is 25.9. The molecule has 4 heterocycles. The SMILES string of the molecule is c1ccc2oc(-c3cccc4oc5cc(N(c6ccc7sc8ccccc8c7c6)c6cccc7c6sc6ccccc67)ccc5c34)nc2c1. The van der Waals surface area contributed by atoms with E-state index >= 15 is 0 Å². The van der Waals surface area contributed by atoms with Crippen LogP contribution in [0, 0.1) is 0 Å². The Morgan fingerprint density at radius 3 is 2.06 bits per heavy atom. The molecule has 0 N–H and O–H groups in total. The Bertz CT molecular complexity index is 3060. The smallest absolute Gasteiger partial charge is 0.228 e. The molecule has 7 aromatic carbocycles. The molecule has 0 bridgehead atoms. The van der Waals surface area contributed by atoms with Crippen molar-refractivity contribution in [1.29, 1.82) is 0 Å². The van der Waals surface area contributed by atoms with Crippen LogP contribution in [-0.2, 0) is 0 Å². The van der Waals surface area contributed by atoms with Crippen LogP contribution in [0.15, 0.2) is 154 Å². The second-order valence-corrected chi connectivity index (χ2v) is 14.5. The second kappa shape index (κ2) is 10.3. The average Bonchev–Trinajstić information content (AvgIpc) is 3.92. The first-order valence-corrected chi connectivity index (χ1v) is 17.8. The molecule has 49 heavy (non-hydrogen) atoms. The molecule has 0 aliphatic rings. The fraction of sp³-hybridized carbons (Fsp3) is 0. The Morgan fingerprint density at radius 1 is 0.469 bits per heavy atom. The summed E-state index contributed by atoms with van der Waals surface area (Å²) in [5.74, 6) is 0.591. The van der Waals surface area contributed by atoms with Crippen LogP contribution < -0.4 is 4.90 Å². The minimum Gasteiger partial charge on any atom is -0.456 e. The van der Waals surface area contributed by atoms with Crippen LogP contribution in [0.5, 0.6) is 0 Å². The average molecular weight is 665 g/mol. The van der Waals surface area contributed by atoms with Crippen LogP contribution >= 0.6 is 22.7 Å². The predicted octanol–water partition coefficient (Wildman–Crippen LogP) is 13.6. The molecule has 230 valence electrons. The topological polar surface area (TPSA) is 42.4 Å². The van der Waals surface area contributed by atoms with E-state index in [0.29, 0.717) is 5.89 Å². The van der Waals surface area contributed by atoms with Gasteiger partial charge in [-0.2, -0.15) is 0 Å². The normalized spacial score (nSPS) is 12.1. The summed E-state index contributed by atoms with van der Waals surface area (Å²) in [6, 6.07) is 51.4. The van der Waals surface area contributed by atoms with Gasteiger partial charge in [0.2, 0.25) is 5.89 Å². The van der Waals surface area contributed by atoms with Crippen molar-refractivity contribution in [2.75, 3.05) is 4.90 Å². The van der Waals surface area contributed by atoms with Gasteiger partial charge in [-0.05, 0) is 72.8 Å². The number of aromatic nitrogens is 1. The van der Waals surface area contributed by atoms with Gasteiger partial charge in [0, 0.05) is 69.4 Å². The van der Waals surface area contributed by atoms with E-state index < -0.39 is 0 Å². The third-order valence-corrected chi connectivity index (χ3v) is 11.9. The molecule has 0 spiro atoms. The number of rotatable bonds is 4. The molecule has 0 aliphatic heterocycles. The van der Waals surface area contributed by atoms with Gasteiger partial charge in [0.1, 0.15) is 16.7 Å². The predicted molar refractivity (Wildman–Crippen MR) is 207 cm³/mol. The van der Waals surface area contributed by atoms with Gasteiger partial charge < -0.3 is 13.7 Å².